The topological polar surface area (TPSA) is 61.4 Å². The van der Waals surface area contributed by atoms with Gasteiger partial charge in [0.1, 0.15) is 0 Å². The fraction of sp³-hybridized carbons (Fsp3) is 0.917. The molecule has 0 aromatic rings. The molecule has 0 aliphatic carbocycles. The minimum atomic E-state index is -0.331. The highest BCUT2D eigenvalue weighted by Gasteiger charge is 2.14. The van der Waals surface area contributed by atoms with Crippen LogP contribution < -0.4 is 10.6 Å². The predicted molar refractivity (Wildman–Crippen MR) is 64.1 cm³/mol. The molecule has 4 heteroatoms. The Bertz CT molecular complexity index is 201. The maximum Gasteiger partial charge on any atom is 0.220 e. The van der Waals surface area contributed by atoms with E-state index in [4.69, 9.17) is 5.11 Å². The molecule has 0 radical (unpaired) electrons. The highest BCUT2D eigenvalue weighted by atomic mass is 16.3. The average Bonchev–Trinajstić information content (AvgIpc) is 2.27. The number of aliphatic hydroxyl groups is 1. The van der Waals surface area contributed by atoms with Gasteiger partial charge in [-0.2, -0.15) is 0 Å². The lowest BCUT2D eigenvalue weighted by Crippen LogP contribution is -2.31. The molecule has 0 saturated carbocycles. The maximum atomic E-state index is 11.5. The lowest BCUT2D eigenvalue weighted by molar-refractivity contribution is -0.121. The summed E-state index contributed by atoms with van der Waals surface area (Å²) in [5.41, 5.74) is 0. The Morgan fingerprint density at radius 2 is 2.44 bits per heavy atom. The summed E-state index contributed by atoms with van der Waals surface area (Å²) < 4.78 is 0. The van der Waals surface area contributed by atoms with E-state index in [0.717, 1.165) is 19.5 Å². The van der Waals surface area contributed by atoms with Crippen LogP contribution in [0.5, 0.6) is 0 Å². The molecule has 16 heavy (non-hydrogen) atoms. The van der Waals surface area contributed by atoms with E-state index in [1.54, 1.807) is 6.92 Å². The molecule has 1 amide bonds. The molecule has 1 fully saturated rings. The number of carbonyl (C=O) groups is 1. The van der Waals surface area contributed by atoms with E-state index in [0.29, 0.717) is 25.3 Å². The largest absolute Gasteiger partial charge is 0.393 e. The van der Waals surface area contributed by atoms with Gasteiger partial charge < -0.3 is 15.7 Å². The third kappa shape index (κ3) is 6.08. The van der Waals surface area contributed by atoms with Crippen molar-refractivity contribution in [2.24, 2.45) is 5.92 Å². The van der Waals surface area contributed by atoms with Gasteiger partial charge in [0.25, 0.3) is 0 Å². The quantitative estimate of drug-likeness (QED) is 0.625. The minimum Gasteiger partial charge on any atom is -0.393 e. The number of rotatable bonds is 6. The number of hydrogen-bond acceptors (Lipinski definition) is 3. The highest BCUT2D eigenvalue weighted by molar-refractivity contribution is 5.75. The third-order valence-corrected chi connectivity index (χ3v) is 3.06. The third-order valence-electron chi connectivity index (χ3n) is 3.06. The molecule has 1 rings (SSSR count). The van der Waals surface area contributed by atoms with Crippen molar-refractivity contribution in [3.8, 4) is 0 Å². The van der Waals surface area contributed by atoms with Crippen LogP contribution in [0.3, 0.4) is 0 Å². The smallest absolute Gasteiger partial charge is 0.220 e. The normalized spacial score (nSPS) is 22.8. The van der Waals surface area contributed by atoms with Crippen molar-refractivity contribution in [2.45, 2.75) is 45.1 Å². The van der Waals surface area contributed by atoms with Gasteiger partial charge in [0.2, 0.25) is 5.91 Å². The van der Waals surface area contributed by atoms with Crippen LogP contribution in [0.15, 0.2) is 0 Å². The zero-order valence-electron chi connectivity index (χ0n) is 10.2. The van der Waals surface area contributed by atoms with Gasteiger partial charge in [-0.25, -0.2) is 0 Å². The Hall–Kier alpha value is -0.610. The molecule has 0 aromatic carbocycles. The summed E-state index contributed by atoms with van der Waals surface area (Å²) in [7, 11) is 0. The van der Waals surface area contributed by atoms with Gasteiger partial charge >= 0.3 is 0 Å². The fourth-order valence-electron chi connectivity index (χ4n) is 2.01. The van der Waals surface area contributed by atoms with Crippen molar-refractivity contribution in [2.75, 3.05) is 19.6 Å². The number of nitrogens with one attached hydrogen (secondary N) is 2. The van der Waals surface area contributed by atoms with Gasteiger partial charge in [0, 0.05) is 13.0 Å². The second kappa shape index (κ2) is 7.63. The average molecular weight is 228 g/mol. The van der Waals surface area contributed by atoms with Crippen LogP contribution in [0, 0.1) is 5.92 Å². The molecule has 1 aliphatic heterocycles. The van der Waals surface area contributed by atoms with E-state index in [1.807, 2.05) is 0 Å². The maximum absolute atomic E-state index is 11.5. The second-order valence-electron chi connectivity index (χ2n) is 4.74. The molecule has 0 spiro atoms. The van der Waals surface area contributed by atoms with E-state index < -0.39 is 0 Å². The first kappa shape index (κ1) is 13.5. The van der Waals surface area contributed by atoms with Crippen molar-refractivity contribution in [3.63, 3.8) is 0 Å². The van der Waals surface area contributed by atoms with Crippen LogP contribution in [0.25, 0.3) is 0 Å². The number of piperidine rings is 1. The van der Waals surface area contributed by atoms with Crippen molar-refractivity contribution in [3.05, 3.63) is 0 Å². The zero-order chi connectivity index (χ0) is 11.8. The molecule has 2 unspecified atom stereocenters. The monoisotopic (exact) mass is 228 g/mol. The Balaban J connectivity index is 2.00. The number of carbonyl (C=O) groups excluding carboxylic acids is 1. The summed E-state index contributed by atoms with van der Waals surface area (Å²) in [4.78, 5) is 11.5. The summed E-state index contributed by atoms with van der Waals surface area (Å²) in [5, 5.41) is 15.2. The van der Waals surface area contributed by atoms with Crippen LogP contribution >= 0.6 is 0 Å². The van der Waals surface area contributed by atoms with Crippen LogP contribution in [0.2, 0.25) is 0 Å². The molecule has 4 nitrogen and oxygen atoms in total. The highest BCUT2D eigenvalue weighted by Crippen LogP contribution is 2.15. The van der Waals surface area contributed by atoms with E-state index in [1.165, 1.54) is 12.8 Å². The molecule has 1 saturated heterocycles. The Kier molecular flexibility index (Phi) is 6.42. The second-order valence-corrected chi connectivity index (χ2v) is 4.74. The van der Waals surface area contributed by atoms with Crippen LogP contribution in [0.1, 0.15) is 39.0 Å². The van der Waals surface area contributed by atoms with Crippen LogP contribution in [0.4, 0.5) is 0 Å². The predicted octanol–water partition coefficient (Wildman–Crippen LogP) is 0.653. The molecule has 94 valence electrons. The first-order chi connectivity index (χ1) is 7.68. The van der Waals surface area contributed by atoms with Gasteiger partial charge in [-0.1, -0.05) is 0 Å². The Morgan fingerprint density at radius 3 is 3.06 bits per heavy atom. The van der Waals surface area contributed by atoms with E-state index in [-0.39, 0.29) is 12.0 Å². The van der Waals surface area contributed by atoms with Crippen LogP contribution in [-0.2, 0) is 4.79 Å². The fourth-order valence-corrected chi connectivity index (χ4v) is 2.01. The van der Waals surface area contributed by atoms with Crippen molar-refractivity contribution < 1.29 is 9.90 Å². The molecule has 2 atom stereocenters. The summed E-state index contributed by atoms with van der Waals surface area (Å²) in [6, 6.07) is 0. The van der Waals surface area contributed by atoms with Crippen molar-refractivity contribution >= 4 is 5.91 Å². The first-order valence-electron chi connectivity index (χ1n) is 6.34. The van der Waals surface area contributed by atoms with Gasteiger partial charge in [0.15, 0.2) is 0 Å². The first-order valence-corrected chi connectivity index (χ1v) is 6.34. The molecular weight excluding hydrogens is 204 g/mol. The summed E-state index contributed by atoms with van der Waals surface area (Å²) in [5.74, 6) is 0.780. The molecule has 1 aliphatic rings. The summed E-state index contributed by atoms with van der Waals surface area (Å²) in [6.07, 6.45) is 4.38. The molecule has 0 aromatic heterocycles. The summed E-state index contributed by atoms with van der Waals surface area (Å²) in [6.45, 7) is 4.50. The number of hydrogen-bond donors (Lipinski definition) is 3. The zero-order valence-corrected chi connectivity index (χ0v) is 10.2. The van der Waals surface area contributed by atoms with E-state index >= 15 is 0 Å². The lowest BCUT2D eigenvalue weighted by atomic mass is 9.94. The lowest BCUT2D eigenvalue weighted by Gasteiger charge is -2.22. The standard InChI is InChI=1S/C12H24N2O2/c1-10(15)6-8-14-12(16)5-4-11-3-2-7-13-9-11/h10-11,13,15H,2-9H2,1H3,(H,14,16). The van der Waals surface area contributed by atoms with Gasteiger partial charge in [-0.05, 0) is 51.6 Å². The van der Waals surface area contributed by atoms with E-state index in [2.05, 4.69) is 10.6 Å². The Morgan fingerprint density at radius 1 is 1.62 bits per heavy atom. The molecule has 1 heterocycles. The van der Waals surface area contributed by atoms with Gasteiger partial charge in [0.05, 0.1) is 6.10 Å². The molecular formula is C12H24N2O2. The minimum absolute atomic E-state index is 0.117. The van der Waals surface area contributed by atoms with Gasteiger partial charge in [-0.15, -0.1) is 0 Å². The molecule has 0 bridgehead atoms. The molecule has 3 N–H and O–H groups in total. The number of amides is 1. The number of aliphatic hydroxyl groups excluding tert-OH is 1. The van der Waals surface area contributed by atoms with Crippen molar-refractivity contribution in [1.29, 1.82) is 0 Å². The Labute approximate surface area is 97.8 Å². The SMILES string of the molecule is CC(O)CCNC(=O)CCC1CCCNC1. The van der Waals surface area contributed by atoms with Crippen LogP contribution in [-0.4, -0.2) is 36.8 Å². The van der Waals surface area contributed by atoms with Gasteiger partial charge in [-0.3, -0.25) is 4.79 Å². The van der Waals surface area contributed by atoms with E-state index in [9.17, 15) is 4.79 Å². The summed E-state index contributed by atoms with van der Waals surface area (Å²) >= 11 is 0. The van der Waals surface area contributed by atoms with Crippen molar-refractivity contribution in [1.82, 2.24) is 10.6 Å².